The summed E-state index contributed by atoms with van der Waals surface area (Å²) in [5.41, 5.74) is 0.344. The van der Waals surface area contributed by atoms with Gasteiger partial charge in [0.25, 0.3) is 0 Å². The maximum absolute atomic E-state index is 13.5. The van der Waals surface area contributed by atoms with E-state index in [9.17, 15) is 8.78 Å². The first-order chi connectivity index (χ1) is 9.22. The molecule has 1 saturated carbocycles. The Morgan fingerprint density at radius 2 is 2.16 bits per heavy atom. The van der Waals surface area contributed by atoms with E-state index in [1.54, 1.807) is 6.07 Å². The van der Waals surface area contributed by atoms with Crippen molar-refractivity contribution in [2.45, 2.75) is 29.0 Å². The number of hydrogen-bond donors (Lipinski definition) is 1. The smallest absolute Gasteiger partial charge is 0.206 e. The molecule has 1 heterocycles. The molecule has 0 amide bonds. The Kier molecular flexibility index (Phi) is 3.65. The molecule has 7 heteroatoms. The molecule has 100 valence electrons. The standard InChI is InChI=1S/C12H11F2N3S2/c13-9-3-1-2-7(10(9)14)6-18-12-17-16-11(19-12)15-8-4-5-8/h1-3,8H,4-6H2,(H,15,16). The Labute approximate surface area is 117 Å². The summed E-state index contributed by atoms with van der Waals surface area (Å²) in [5, 5.41) is 12.1. The lowest BCUT2D eigenvalue weighted by molar-refractivity contribution is 0.502. The van der Waals surface area contributed by atoms with Gasteiger partial charge in [0.1, 0.15) is 0 Å². The zero-order valence-corrected chi connectivity index (χ0v) is 11.5. The highest BCUT2D eigenvalue weighted by Crippen LogP contribution is 2.32. The van der Waals surface area contributed by atoms with E-state index in [2.05, 4.69) is 15.5 Å². The second kappa shape index (κ2) is 5.42. The molecule has 0 bridgehead atoms. The van der Waals surface area contributed by atoms with Gasteiger partial charge in [-0.05, 0) is 18.9 Å². The van der Waals surface area contributed by atoms with Crippen LogP contribution in [0.4, 0.5) is 13.9 Å². The number of anilines is 1. The van der Waals surface area contributed by atoms with E-state index >= 15 is 0 Å². The van der Waals surface area contributed by atoms with Crippen LogP contribution in [0, 0.1) is 11.6 Å². The van der Waals surface area contributed by atoms with Gasteiger partial charge in [-0.2, -0.15) is 0 Å². The highest BCUT2D eigenvalue weighted by molar-refractivity contribution is 8.00. The van der Waals surface area contributed by atoms with Gasteiger partial charge in [0.15, 0.2) is 16.0 Å². The average molecular weight is 299 g/mol. The molecule has 1 aromatic heterocycles. The lowest BCUT2D eigenvalue weighted by atomic mass is 10.2. The molecule has 0 radical (unpaired) electrons. The lowest BCUT2D eigenvalue weighted by Gasteiger charge is -2.01. The van der Waals surface area contributed by atoms with Gasteiger partial charge in [0, 0.05) is 17.4 Å². The van der Waals surface area contributed by atoms with Crippen LogP contribution in [0.15, 0.2) is 22.5 Å². The first kappa shape index (κ1) is 12.8. The summed E-state index contributed by atoms with van der Waals surface area (Å²) in [4.78, 5) is 0. The van der Waals surface area contributed by atoms with Crippen molar-refractivity contribution >= 4 is 28.2 Å². The summed E-state index contributed by atoms with van der Waals surface area (Å²) in [5.74, 6) is -1.25. The molecule has 1 N–H and O–H groups in total. The zero-order valence-electron chi connectivity index (χ0n) is 9.90. The number of halogens is 2. The SMILES string of the molecule is Fc1cccc(CSc2nnc(NC3CC3)s2)c1F. The van der Waals surface area contributed by atoms with Gasteiger partial charge < -0.3 is 5.32 Å². The Bertz CT molecular complexity index is 584. The third kappa shape index (κ3) is 3.22. The topological polar surface area (TPSA) is 37.8 Å². The van der Waals surface area contributed by atoms with Crippen LogP contribution in [0.5, 0.6) is 0 Å². The van der Waals surface area contributed by atoms with Crippen molar-refractivity contribution in [3.05, 3.63) is 35.4 Å². The fourth-order valence-corrected chi connectivity index (χ4v) is 3.33. The van der Waals surface area contributed by atoms with Gasteiger partial charge in [-0.3, -0.25) is 0 Å². The van der Waals surface area contributed by atoms with Crippen molar-refractivity contribution in [2.24, 2.45) is 0 Å². The summed E-state index contributed by atoms with van der Waals surface area (Å²) >= 11 is 2.81. The third-order valence-electron chi connectivity index (χ3n) is 2.69. The molecule has 1 fully saturated rings. The second-order valence-corrected chi connectivity index (χ2v) is 6.49. The predicted octanol–water partition coefficient (Wildman–Crippen LogP) is 3.68. The molecule has 0 aliphatic heterocycles. The Morgan fingerprint density at radius 3 is 2.95 bits per heavy atom. The zero-order chi connectivity index (χ0) is 13.2. The first-order valence-corrected chi connectivity index (χ1v) is 7.68. The largest absolute Gasteiger partial charge is 0.357 e. The molecular weight excluding hydrogens is 288 g/mol. The molecule has 3 nitrogen and oxygen atoms in total. The van der Waals surface area contributed by atoms with Crippen molar-refractivity contribution in [3.63, 3.8) is 0 Å². The molecule has 0 saturated heterocycles. The normalized spacial score (nSPS) is 14.6. The Balaban J connectivity index is 1.61. The number of aromatic nitrogens is 2. The monoisotopic (exact) mass is 299 g/mol. The van der Waals surface area contributed by atoms with Crippen LogP contribution < -0.4 is 5.32 Å². The molecule has 0 unspecified atom stereocenters. The number of hydrogen-bond acceptors (Lipinski definition) is 5. The molecule has 0 spiro atoms. The van der Waals surface area contributed by atoms with Crippen molar-refractivity contribution in [2.75, 3.05) is 5.32 Å². The predicted molar refractivity (Wildman–Crippen MR) is 72.5 cm³/mol. The molecule has 3 rings (SSSR count). The van der Waals surface area contributed by atoms with Crippen molar-refractivity contribution in [3.8, 4) is 0 Å². The molecule has 1 aliphatic rings. The summed E-state index contributed by atoms with van der Waals surface area (Å²) in [6, 6.07) is 4.74. The van der Waals surface area contributed by atoms with Gasteiger partial charge in [0.2, 0.25) is 5.13 Å². The minimum absolute atomic E-state index is 0.344. The quantitative estimate of drug-likeness (QED) is 0.855. The lowest BCUT2D eigenvalue weighted by Crippen LogP contribution is -1.99. The van der Waals surface area contributed by atoms with E-state index in [0.717, 1.165) is 15.5 Å². The fourth-order valence-electron chi connectivity index (χ4n) is 1.53. The van der Waals surface area contributed by atoms with Gasteiger partial charge in [0.05, 0.1) is 0 Å². The number of rotatable bonds is 5. The number of nitrogens with one attached hydrogen (secondary N) is 1. The van der Waals surface area contributed by atoms with Crippen LogP contribution in [0.3, 0.4) is 0 Å². The van der Waals surface area contributed by atoms with Crippen LogP contribution in [0.1, 0.15) is 18.4 Å². The van der Waals surface area contributed by atoms with E-state index in [4.69, 9.17) is 0 Å². The summed E-state index contributed by atoms with van der Waals surface area (Å²) in [7, 11) is 0. The van der Waals surface area contributed by atoms with E-state index in [1.165, 1.54) is 42.0 Å². The summed E-state index contributed by atoms with van der Waals surface area (Å²) in [6.07, 6.45) is 2.35. The average Bonchev–Trinajstić information content (AvgIpc) is 3.09. The van der Waals surface area contributed by atoms with Gasteiger partial charge in [-0.25, -0.2) is 8.78 Å². The summed E-state index contributed by atoms with van der Waals surface area (Å²) in [6.45, 7) is 0. The first-order valence-electron chi connectivity index (χ1n) is 5.88. The van der Waals surface area contributed by atoms with E-state index in [-0.39, 0.29) is 0 Å². The molecular formula is C12H11F2N3S2. The summed E-state index contributed by atoms with van der Waals surface area (Å²) < 4.78 is 27.3. The second-order valence-electron chi connectivity index (χ2n) is 4.29. The van der Waals surface area contributed by atoms with Crippen LogP contribution in [0.25, 0.3) is 0 Å². The van der Waals surface area contributed by atoms with Gasteiger partial charge in [-0.15, -0.1) is 10.2 Å². The third-order valence-corrected chi connectivity index (χ3v) is 4.73. The Morgan fingerprint density at radius 1 is 1.32 bits per heavy atom. The number of thioether (sulfide) groups is 1. The number of benzene rings is 1. The van der Waals surface area contributed by atoms with E-state index < -0.39 is 11.6 Å². The minimum atomic E-state index is -0.813. The maximum atomic E-state index is 13.5. The minimum Gasteiger partial charge on any atom is -0.357 e. The maximum Gasteiger partial charge on any atom is 0.206 e. The van der Waals surface area contributed by atoms with Crippen LogP contribution in [-0.4, -0.2) is 16.2 Å². The van der Waals surface area contributed by atoms with Crippen molar-refractivity contribution in [1.29, 1.82) is 0 Å². The fraction of sp³-hybridized carbons (Fsp3) is 0.333. The van der Waals surface area contributed by atoms with Gasteiger partial charge >= 0.3 is 0 Å². The molecule has 0 atom stereocenters. The molecule has 1 aromatic carbocycles. The van der Waals surface area contributed by atoms with Crippen LogP contribution in [0.2, 0.25) is 0 Å². The Hall–Kier alpha value is -1.21. The molecule has 2 aromatic rings. The van der Waals surface area contributed by atoms with Crippen molar-refractivity contribution < 1.29 is 8.78 Å². The number of nitrogens with zero attached hydrogens (tertiary/aromatic N) is 2. The van der Waals surface area contributed by atoms with Crippen LogP contribution >= 0.6 is 23.1 Å². The molecule has 19 heavy (non-hydrogen) atoms. The van der Waals surface area contributed by atoms with Gasteiger partial charge in [-0.1, -0.05) is 35.2 Å². The van der Waals surface area contributed by atoms with E-state index in [0.29, 0.717) is 17.4 Å². The van der Waals surface area contributed by atoms with Crippen molar-refractivity contribution in [1.82, 2.24) is 10.2 Å². The molecule has 1 aliphatic carbocycles. The van der Waals surface area contributed by atoms with Crippen LogP contribution in [-0.2, 0) is 5.75 Å². The highest BCUT2D eigenvalue weighted by Gasteiger charge is 2.22. The highest BCUT2D eigenvalue weighted by atomic mass is 32.2. The van der Waals surface area contributed by atoms with E-state index in [1.807, 2.05) is 0 Å².